The van der Waals surface area contributed by atoms with Crippen LogP contribution in [0.25, 0.3) is 0 Å². The lowest BCUT2D eigenvalue weighted by molar-refractivity contribution is -0.130. The largest absolute Gasteiger partial charge is 0.478 e. The molecule has 1 aliphatic heterocycles. The third kappa shape index (κ3) is 3.89. The summed E-state index contributed by atoms with van der Waals surface area (Å²) in [5, 5.41) is 12.7. The Balaban J connectivity index is 1.79. The van der Waals surface area contributed by atoms with Gasteiger partial charge in [0.2, 0.25) is 5.91 Å². The summed E-state index contributed by atoms with van der Waals surface area (Å²) >= 11 is 5.98. The van der Waals surface area contributed by atoms with E-state index < -0.39 is 11.4 Å². The Kier molecular flexibility index (Phi) is 5.59. The van der Waals surface area contributed by atoms with Gasteiger partial charge < -0.3 is 15.2 Å². The van der Waals surface area contributed by atoms with E-state index in [0.29, 0.717) is 31.1 Å². The van der Waals surface area contributed by atoms with Crippen molar-refractivity contribution in [2.45, 2.75) is 24.8 Å². The highest BCUT2D eigenvalue weighted by atomic mass is 35.5. The second kappa shape index (κ2) is 7.89. The van der Waals surface area contributed by atoms with Crippen LogP contribution >= 0.6 is 11.6 Å². The van der Waals surface area contributed by atoms with Gasteiger partial charge in [-0.3, -0.25) is 4.79 Å². The molecule has 0 spiro atoms. The Labute approximate surface area is 156 Å². The van der Waals surface area contributed by atoms with Gasteiger partial charge >= 0.3 is 5.97 Å². The van der Waals surface area contributed by atoms with Crippen LogP contribution < -0.4 is 5.32 Å². The minimum absolute atomic E-state index is 0.0798. The fourth-order valence-electron chi connectivity index (χ4n) is 3.30. The summed E-state index contributed by atoms with van der Waals surface area (Å²) in [6, 6.07) is 13.9. The molecule has 136 valence electrons. The van der Waals surface area contributed by atoms with Crippen LogP contribution in [0.3, 0.4) is 0 Å². The average molecular weight is 374 g/mol. The number of hydrogen-bond donors (Lipinski definition) is 2. The van der Waals surface area contributed by atoms with Crippen molar-refractivity contribution < 1.29 is 19.4 Å². The van der Waals surface area contributed by atoms with Gasteiger partial charge in [-0.1, -0.05) is 35.9 Å². The first-order chi connectivity index (χ1) is 12.5. The van der Waals surface area contributed by atoms with E-state index in [0.717, 1.165) is 11.1 Å². The number of carbonyl (C=O) groups is 2. The van der Waals surface area contributed by atoms with Gasteiger partial charge in [-0.25, -0.2) is 4.79 Å². The van der Waals surface area contributed by atoms with Crippen LogP contribution in [0.15, 0.2) is 48.5 Å². The highest BCUT2D eigenvalue weighted by Crippen LogP contribution is 2.35. The van der Waals surface area contributed by atoms with Crippen LogP contribution in [0.1, 0.15) is 34.3 Å². The molecule has 1 amide bonds. The predicted octanol–water partition coefficient (Wildman–Crippen LogP) is 3.40. The van der Waals surface area contributed by atoms with Gasteiger partial charge in [0.25, 0.3) is 0 Å². The third-order valence-corrected chi connectivity index (χ3v) is 5.06. The molecule has 2 N–H and O–H groups in total. The van der Waals surface area contributed by atoms with E-state index in [2.05, 4.69) is 5.32 Å². The minimum Gasteiger partial charge on any atom is -0.478 e. The molecule has 0 bridgehead atoms. The fourth-order valence-corrected chi connectivity index (χ4v) is 3.43. The Morgan fingerprint density at radius 2 is 1.81 bits per heavy atom. The van der Waals surface area contributed by atoms with Crippen LogP contribution in [-0.2, 0) is 21.5 Å². The summed E-state index contributed by atoms with van der Waals surface area (Å²) in [6.45, 7) is 1.31. The summed E-state index contributed by atoms with van der Waals surface area (Å²) in [5.74, 6) is -1.07. The lowest BCUT2D eigenvalue weighted by Crippen LogP contribution is -2.47. The second-order valence-corrected chi connectivity index (χ2v) is 6.83. The molecule has 2 aromatic rings. The predicted molar refractivity (Wildman–Crippen MR) is 98.4 cm³/mol. The maximum absolute atomic E-state index is 13.1. The lowest BCUT2D eigenvalue weighted by atomic mass is 9.73. The number of ether oxygens (including phenoxy) is 1. The first-order valence-electron chi connectivity index (χ1n) is 8.46. The molecule has 0 aliphatic carbocycles. The quantitative estimate of drug-likeness (QED) is 0.842. The van der Waals surface area contributed by atoms with Crippen molar-refractivity contribution in [3.8, 4) is 0 Å². The number of benzene rings is 2. The highest BCUT2D eigenvalue weighted by Gasteiger charge is 2.41. The molecule has 0 atom stereocenters. The summed E-state index contributed by atoms with van der Waals surface area (Å²) in [4.78, 5) is 24.2. The molecule has 1 fully saturated rings. The summed E-state index contributed by atoms with van der Waals surface area (Å²) in [5.41, 5.74) is 1.21. The first kappa shape index (κ1) is 18.4. The van der Waals surface area contributed by atoms with Crippen molar-refractivity contribution in [2.75, 3.05) is 13.2 Å². The molecule has 5 nitrogen and oxygen atoms in total. The Hall–Kier alpha value is -2.37. The zero-order valence-corrected chi connectivity index (χ0v) is 15.0. The van der Waals surface area contributed by atoms with Crippen molar-refractivity contribution in [1.82, 2.24) is 5.32 Å². The van der Waals surface area contributed by atoms with Crippen molar-refractivity contribution in [3.05, 3.63) is 70.2 Å². The molecule has 0 radical (unpaired) electrons. The number of nitrogens with one attached hydrogen (secondary N) is 1. The monoisotopic (exact) mass is 373 g/mol. The molecular formula is C20H20ClNO4. The second-order valence-electron chi connectivity index (χ2n) is 6.39. The number of carboxylic acids is 1. The summed E-state index contributed by atoms with van der Waals surface area (Å²) in [6.07, 6.45) is 1.19. The van der Waals surface area contributed by atoms with Gasteiger partial charge in [0.05, 0.1) is 11.0 Å². The molecule has 2 aromatic carbocycles. The molecule has 0 unspecified atom stereocenters. The lowest BCUT2D eigenvalue weighted by Gasteiger charge is -2.36. The topological polar surface area (TPSA) is 75.6 Å². The normalized spacial score (nSPS) is 16.0. The van der Waals surface area contributed by atoms with E-state index in [1.807, 2.05) is 12.1 Å². The average Bonchev–Trinajstić information content (AvgIpc) is 2.67. The Bertz CT molecular complexity index is 798. The van der Waals surface area contributed by atoms with Crippen molar-refractivity contribution >= 4 is 23.5 Å². The van der Waals surface area contributed by atoms with E-state index in [4.69, 9.17) is 21.4 Å². The third-order valence-electron chi connectivity index (χ3n) is 4.80. The van der Waals surface area contributed by atoms with E-state index in [1.54, 1.807) is 30.3 Å². The smallest absolute Gasteiger partial charge is 0.335 e. The van der Waals surface area contributed by atoms with E-state index in [9.17, 15) is 9.59 Å². The van der Waals surface area contributed by atoms with Crippen LogP contribution in [-0.4, -0.2) is 30.2 Å². The number of halogens is 1. The van der Waals surface area contributed by atoms with Gasteiger partial charge in [0, 0.05) is 24.8 Å². The highest BCUT2D eigenvalue weighted by molar-refractivity contribution is 6.30. The SMILES string of the molecule is O=C(O)c1cccc(CNC(=O)C2(c3ccc(Cl)cc3)CCOCC2)c1. The molecule has 3 rings (SSSR count). The standard InChI is InChI=1S/C20H20ClNO4/c21-17-6-4-16(5-7-17)20(8-10-26-11-9-20)19(25)22-13-14-2-1-3-15(12-14)18(23)24/h1-7,12H,8-11,13H2,(H,22,25)(H,23,24). The maximum Gasteiger partial charge on any atom is 0.335 e. The Morgan fingerprint density at radius 3 is 2.46 bits per heavy atom. The number of carbonyl (C=O) groups excluding carboxylic acids is 1. The van der Waals surface area contributed by atoms with Crippen molar-refractivity contribution in [3.63, 3.8) is 0 Å². The Morgan fingerprint density at radius 1 is 1.12 bits per heavy atom. The molecule has 26 heavy (non-hydrogen) atoms. The molecule has 1 heterocycles. The van der Waals surface area contributed by atoms with E-state index in [1.165, 1.54) is 6.07 Å². The molecule has 0 aromatic heterocycles. The van der Waals surface area contributed by atoms with Crippen molar-refractivity contribution in [2.24, 2.45) is 0 Å². The van der Waals surface area contributed by atoms with Crippen LogP contribution in [0.2, 0.25) is 5.02 Å². The van der Waals surface area contributed by atoms with Crippen molar-refractivity contribution in [1.29, 1.82) is 0 Å². The molecular weight excluding hydrogens is 354 g/mol. The van der Waals surface area contributed by atoms with Crippen LogP contribution in [0.4, 0.5) is 0 Å². The fraction of sp³-hybridized carbons (Fsp3) is 0.300. The zero-order valence-electron chi connectivity index (χ0n) is 14.2. The van der Waals surface area contributed by atoms with E-state index in [-0.39, 0.29) is 18.0 Å². The maximum atomic E-state index is 13.1. The number of amides is 1. The number of hydrogen-bond acceptors (Lipinski definition) is 3. The molecule has 1 aliphatic rings. The molecule has 0 saturated carbocycles. The van der Waals surface area contributed by atoms with Crippen LogP contribution in [0.5, 0.6) is 0 Å². The van der Waals surface area contributed by atoms with E-state index >= 15 is 0 Å². The number of rotatable bonds is 5. The first-order valence-corrected chi connectivity index (χ1v) is 8.83. The van der Waals surface area contributed by atoms with Gasteiger partial charge in [0.15, 0.2) is 0 Å². The number of carboxylic acid groups (broad SMARTS) is 1. The van der Waals surface area contributed by atoms with Gasteiger partial charge in [0.1, 0.15) is 0 Å². The van der Waals surface area contributed by atoms with Gasteiger partial charge in [-0.05, 0) is 48.2 Å². The molecule has 6 heteroatoms. The summed E-state index contributed by atoms with van der Waals surface area (Å²) in [7, 11) is 0. The molecule has 1 saturated heterocycles. The van der Waals surface area contributed by atoms with Gasteiger partial charge in [-0.15, -0.1) is 0 Å². The van der Waals surface area contributed by atoms with Gasteiger partial charge in [-0.2, -0.15) is 0 Å². The zero-order chi connectivity index (χ0) is 18.6. The minimum atomic E-state index is -0.986. The summed E-state index contributed by atoms with van der Waals surface area (Å²) < 4.78 is 5.45. The van der Waals surface area contributed by atoms with Crippen LogP contribution in [0, 0.1) is 0 Å². The number of aromatic carboxylic acids is 1.